The molecule has 44 heavy (non-hydrogen) atoms. The van der Waals surface area contributed by atoms with E-state index in [1.54, 1.807) is 6.07 Å². The number of fused-ring (bicyclic) bond motifs is 1. The number of ether oxygens (including phenoxy) is 1. The van der Waals surface area contributed by atoms with Crippen molar-refractivity contribution >= 4 is 63.1 Å². The summed E-state index contributed by atoms with van der Waals surface area (Å²) >= 11 is 1.17. The maximum absolute atomic E-state index is 13.4. The van der Waals surface area contributed by atoms with Gasteiger partial charge in [-0.1, -0.05) is 18.2 Å². The number of nitrogens with zero attached hydrogens (tertiary/aromatic N) is 6. The van der Waals surface area contributed by atoms with Crippen molar-refractivity contribution in [3.63, 3.8) is 0 Å². The number of anilines is 5. The number of para-hydroxylation sites is 1. The second kappa shape index (κ2) is 12.7. The molecule has 2 aliphatic heterocycles. The van der Waals surface area contributed by atoms with Gasteiger partial charge >= 0.3 is 0 Å². The fourth-order valence-electron chi connectivity index (χ4n) is 5.33. The van der Waals surface area contributed by atoms with Crippen LogP contribution in [0.5, 0.6) is 5.75 Å². The zero-order valence-electron chi connectivity index (χ0n) is 24.0. The third-order valence-electron chi connectivity index (χ3n) is 7.61. The second-order valence-electron chi connectivity index (χ2n) is 10.4. The molecule has 0 saturated carbocycles. The van der Waals surface area contributed by atoms with E-state index < -0.39 is 5.82 Å². The van der Waals surface area contributed by atoms with Crippen LogP contribution in [0.1, 0.15) is 22.5 Å². The molecule has 2 aromatic heterocycles. The van der Waals surface area contributed by atoms with Crippen LogP contribution < -0.4 is 30.5 Å². The summed E-state index contributed by atoms with van der Waals surface area (Å²) in [6.45, 7) is 2.53. The second-order valence-corrected chi connectivity index (χ2v) is 11.5. The molecule has 2 aromatic carbocycles. The molecule has 0 spiro atoms. The Balaban J connectivity index is 1.22. The van der Waals surface area contributed by atoms with Crippen molar-refractivity contribution in [3.05, 3.63) is 77.7 Å². The molecular weight excluding hydrogens is 583 g/mol. The number of hydrogen-bond donors (Lipinski definition) is 2. The summed E-state index contributed by atoms with van der Waals surface area (Å²) in [5, 5.41) is 3.56. The van der Waals surface area contributed by atoms with Crippen molar-refractivity contribution in [1.29, 1.82) is 0 Å². The third-order valence-corrected chi connectivity index (χ3v) is 8.63. The highest BCUT2D eigenvalue weighted by Crippen LogP contribution is 2.44. The van der Waals surface area contributed by atoms with Crippen molar-refractivity contribution in [1.82, 2.24) is 15.3 Å². The van der Waals surface area contributed by atoms with Crippen LogP contribution in [-0.4, -0.2) is 67.3 Å². The summed E-state index contributed by atoms with van der Waals surface area (Å²) in [5.74, 6) is 0.352. The Morgan fingerprint density at radius 2 is 1.89 bits per heavy atom. The largest absolute Gasteiger partial charge is 0.490 e. The Morgan fingerprint density at radius 3 is 2.61 bits per heavy atom. The maximum Gasteiger partial charge on any atom is 0.261 e. The molecule has 0 atom stereocenters. The standard InChI is InChI=1S/C31H31FN8O3S/c1-38(23-7-8-26-24(15-23)40(13-14-43-26)22-5-3-2-4-6-22)25-16-27(44-30(25)37-28(33)19-41)29(42)36-21-9-11-39(12-10-21)31-34-17-20(32)18-35-31/h2-8,15-19,21H,9-14H2,1H3,(H2,33,37)(H,36,42). The van der Waals surface area contributed by atoms with Crippen molar-refractivity contribution in [2.24, 2.45) is 10.7 Å². The van der Waals surface area contributed by atoms with Gasteiger partial charge in [-0.3, -0.25) is 9.59 Å². The number of halogens is 1. The number of thiophene rings is 1. The molecule has 0 bridgehead atoms. The summed E-state index contributed by atoms with van der Waals surface area (Å²) in [6, 6.07) is 17.7. The van der Waals surface area contributed by atoms with Gasteiger partial charge in [-0.2, -0.15) is 0 Å². The van der Waals surface area contributed by atoms with E-state index in [1.165, 1.54) is 11.3 Å². The molecule has 226 valence electrons. The monoisotopic (exact) mass is 614 g/mol. The molecule has 0 aliphatic carbocycles. The SMILES string of the molecule is CN(c1ccc2c(c1)N(c1ccccc1)CCO2)c1cc(C(=O)NC2CCN(c3ncc(F)cn3)CC2)sc1/N=C(/N)C=O. The highest BCUT2D eigenvalue weighted by molar-refractivity contribution is 7.18. The first kappa shape index (κ1) is 29.1. The summed E-state index contributed by atoms with van der Waals surface area (Å²) < 4.78 is 19.1. The smallest absolute Gasteiger partial charge is 0.261 e. The minimum atomic E-state index is -0.481. The van der Waals surface area contributed by atoms with Crippen molar-refractivity contribution in [3.8, 4) is 5.75 Å². The molecule has 1 saturated heterocycles. The highest BCUT2D eigenvalue weighted by Gasteiger charge is 2.26. The molecule has 1 fully saturated rings. The van der Waals surface area contributed by atoms with Gasteiger partial charge in [-0.25, -0.2) is 19.4 Å². The summed E-state index contributed by atoms with van der Waals surface area (Å²) in [7, 11) is 1.88. The van der Waals surface area contributed by atoms with E-state index in [0.717, 1.165) is 35.2 Å². The average molecular weight is 615 g/mol. The number of rotatable bonds is 8. The van der Waals surface area contributed by atoms with Crippen molar-refractivity contribution in [2.45, 2.75) is 18.9 Å². The Hall–Kier alpha value is -5.04. The fourth-order valence-corrected chi connectivity index (χ4v) is 6.31. The number of aldehydes is 1. The van der Waals surface area contributed by atoms with Gasteiger partial charge in [-0.15, -0.1) is 11.3 Å². The van der Waals surface area contributed by atoms with E-state index in [9.17, 15) is 14.0 Å². The molecule has 4 aromatic rings. The molecule has 4 heterocycles. The van der Waals surface area contributed by atoms with E-state index in [1.807, 2.05) is 53.2 Å². The number of carbonyl (C=O) groups excluding carboxylic acids is 2. The number of aliphatic imine (C=N–C) groups is 1. The van der Waals surface area contributed by atoms with Gasteiger partial charge in [0.15, 0.2) is 17.9 Å². The summed E-state index contributed by atoms with van der Waals surface area (Å²) in [6.07, 6.45) is 4.15. The van der Waals surface area contributed by atoms with Crippen molar-refractivity contribution < 1.29 is 18.7 Å². The number of amidine groups is 1. The Morgan fingerprint density at radius 1 is 1.14 bits per heavy atom. The quantitative estimate of drug-likeness (QED) is 0.167. The number of carbonyl (C=O) groups is 2. The topological polar surface area (TPSA) is 129 Å². The lowest BCUT2D eigenvalue weighted by Gasteiger charge is -2.32. The first-order valence-electron chi connectivity index (χ1n) is 14.2. The van der Waals surface area contributed by atoms with E-state index in [4.69, 9.17) is 10.5 Å². The summed E-state index contributed by atoms with van der Waals surface area (Å²) in [5.41, 5.74) is 9.27. The normalized spacial score (nSPS) is 15.4. The lowest BCUT2D eigenvalue weighted by Crippen LogP contribution is -2.45. The number of aromatic nitrogens is 2. The van der Waals surface area contributed by atoms with E-state index in [-0.39, 0.29) is 17.8 Å². The maximum atomic E-state index is 13.4. The average Bonchev–Trinajstić information content (AvgIpc) is 3.48. The van der Waals surface area contributed by atoms with Crippen LogP contribution in [0.15, 0.2) is 72.0 Å². The first-order valence-corrected chi connectivity index (χ1v) is 15.0. The number of piperidine rings is 1. The molecule has 11 nitrogen and oxygen atoms in total. The Bertz CT molecular complexity index is 1670. The lowest BCUT2D eigenvalue weighted by molar-refractivity contribution is -0.102. The molecular formula is C31H31FN8O3S. The van der Waals surface area contributed by atoms with Gasteiger partial charge in [0.2, 0.25) is 5.95 Å². The van der Waals surface area contributed by atoms with E-state index >= 15 is 0 Å². The van der Waals surface area contributed by atoms with Crippen LogP contribution in [0.4, 0.5) is 38.1 Å². The lowest BCUT2D eigenvalue weighted by atomic mass is 10.1. The number of nitrogens with two attached hydrogens (primary N) is 1. The predicted molar refractivity (Wildman–Crippen MR) is 170 cm³/mol. The van der Waals surface area contributed by atoms with Gasteiger partial charge in [-0.05, 0) is 49.2 Å². The van der Waals surface area contributed by atoms with Crippen LogP contribution in [0.3, 0.4) is 0 Å². The fraction of sp³-hybridized carbons (Fsp3) is 0.258. The molecule has 0 unspecified atom stereocenters. The first-order chi connectivity index (χ1) is 21.4. The highest BCUT2D eigenvalue weighted by atomic mass is 32.1. The molecule has 0 radical (unpaired) electrons. The van der Waals surface area contributed by atoms with Gasteiger partial charge < -0.3 is 30.5 Å². The molecule has 13 heteroatoms. The zero-order valence-corrected chi connectivity index (χ0v) is 24.8. The number of amides is 1. The molecule has 3 N–H and O–H groups in total. The van der Waals surface area contributed by atoms with Gasteiger partial charge in [0.05, 0.1) is 35.2 Å². The van der Waals surface area contributed by atoms with E-state index in [2.05, 4.69) is 37.3 Å². The molecule has 1 amide bonds. The number of benzene rings is 2. The molecule has 6 rings (SSSR count). The predicted octanol–water partition coefficient (Wildman–Crippen LogP) is 4.56. The Kier molecular flexibility index (Phi) is 8.37. The molecule has 2 aliphatic rings. The van der Waals surface area contributed by atoms with Crippen LogP contribution in [-0.2, 0) is 4.79 Å². The zero-order chi connectivity index (χ0) is 30.6. The van der Waals surface area contributed by atoms with Crippen molar-refractivity contribution in [2.75, 3.05) is 48.0 Å². The third kappa shape index (κ3) is 6.18. The summed E-state index contributed by atoms with van der Waals surface area (Å²) in [4.78, 5) is 43.7. The van der Waals surface area contributed by atoms with Crippen LogP contribution in [0.25, 0.3) is 0 Å². The minimum absolute atomic E-state index is 0.0564. The van der Waals surface area contributed by atoms with Crippen LogP contribution in [0, 0.1) is 5.82 Å². The van der Waals surface area contributed by atoms with Gasteiger partial charge in [0.25, 0.3) is 5.91 Å². The van der Waals surface area contributed by atoms with Crippen LogP contribution in [0.2, 0.25) is 0 Å². The number of hydrogen-bond acceptors (Lipinski definition) is 10. The Labute approximate surface area is 257 Å². The van der Waals surface area contributed by atoms with Gasteiger partial charge in [0, 0.05) is 37.6 Å². The number of nitrogens with one attached hydrogen (secondary N) is 1. The van der Waals surface area contributed by atoms with Gasteiger partial charge in [0.1, 0.15) is 17.4 Å². The van der Waals surface area contributed by atoms with E-state index in [0.29, 0.717) is 66.9 Å². The van der Waals surface area contributed by atoms with Crippen LogP contribution >= 0.6 is 11.3 Å². The minimum Gasteiger partial charge on any atom is -0.490 e.